The number of hydrogen-bond donors (Lipinski definition) is 2. The number of carbonyl (C=O) groups is 1. The maximum absolute atomic E-state index is 13.5. The van der Waals surface area contributed by atoms with E-state index in [0.717, 1.165) is 5.56 Å². The van der Waals surface area contributed by atoms with E-state index in [-0.39, 0.29) is 61.8 Å². The van der Waals surface area contributed by atoms with Crippen LogP contribution in [0, 0.1) is 17.8 Å². The number of aromatic nitrogens is 3. The molecule has 2 saturated carbocycles. The highest BCUT2D eigenvalue weighted by atomic mass is 19.3. The van der Waals surface area contributed by atoms with E-state index in [1.807, 2.05) is 19.9 Å². The summed E-state index contributed by atoms with van der Waals surface area (Å²) in [5, 5.41) is 7.35. The lowest BCUT2D eigenvalue weighted by Crippen LogP contribution is -2.40. The van der Waals surface area contributed by atoms with Gasteiger partial charge in [0.1, 0.15) is 0 Å². The molecule has 0 unspecified atom stereocenters. The molecule has 2 aliphatic rings. The smallest absolute Gasteiger partial charge is 0.248 e. The monoisotopic (exact) mass is 469 g/mol. The van der Waals surface area contributed by atoms with Gasteiger partial charge in [-0.25, -0.2) is 27.1 Å². The van der Waals surface area contributed by atoms with Crippen molar-refractivity contribution in [2.75, 3.05) is 0 Å². The number of halogens is 4. The van der Waals surface area contributed by atoms with Gasteiger partial charge in [-0.15, -0.1) is 0 Å². The Hall–Kier alpha value is -2.23. The van der Waals surface area contributed by atoms with Gasteiger partial charge in [0.15, 0.2) is 5.65 Å². The number of hydrogen-bond acceptors (Lipinski definition) is 4. The van der Waals surface area contributed by atoms with Gasteiger partial charge in [0.25, 0.3) is 0 Å². The van der Waals surface area contributed by atoms with Crippen molar-refractivity contribution in [3.63, 3.8) is 0 Å². The van der Waals surface area contributed by atoms with Gasteiger partial charge in [-0.2, -0.15) is 5.10 Å². The van der Waals surface area contributed by atoms with E-state index in [4.69, 9.17) is 5.73 Å². The van der Waals surface area contributed by atoms with E-state index in [1.165, 1.54) is 0 Å². The number of fused-ring (bicyclic) bond motifs is 1. The van der Waals surface area contributed by atoms with Crippen LogP contribution >= 0.6 is 0 Å². The SMILES string of the molecule is CC(C)[C@H](NC(=O)CC1CC(F)(F)C1)c1cnn2cc([C@@H](N)C3CCC(F)(F)CC3)nc2c1. The third kappa shape index (κ3) is 5.47. The molecule has 0 saturated heterocycles. The Morgan fingerprint density at radius 1 is 1.21 bits per heavy atom. The number of amides is 1. The first-order valence-electron chi connectivity index (χ1n) is 11.6. The summed E-state index contributed by atoms with van der Waals surface area (Å²) in [7, 11) is 0. The average molecular weight is 470 g/mol. The van der Waals surface area contributed by atoms with Crippen molar-refractivity contribution in [3.05, 3.63) is 29.7 Å². The Labute approximate surface area is 190 Å². The number of nitrogens with zero attached hydrogens (tertiary/aromatic N) is 3. The van der Waals surface area contributed by atoms with Gasteiger partial charge in [0.2, 0.25) is 17.8 Å². The fourth-order valence-corrected chi connectivity index (χ4v) is 4.96. The molecule has 2 aliphatic carbocycles. The Morgan fingerprint density at radius 2 is 1.88 bits per heavy atom. The molecule has 0 radical (unpaired) electrons. The standard InChI is InChI=1S/C23H31F4N5O/c1-13(2)21(31-19(33)7-14-9-23(26,27)10-14)16-8-18-30-17(12-32(18)29-11-16)20(28)15-3-5-22(24,25)6-4-15/h8,11-15,20-21H,3-7,9-10,28H2,1-2H3,(H,31,33)/t20-,21-/m0/s1. The molecule has 3 N–H and O–H groups in total. The van der Waals surface area contributed by atoms with E-state index < -0.39 is 17.9 Å². The maximum atomic E-state index is 13.5. The molecule has 2 aromatic rings. The summed E-state index contributed by atoms with van der Waals surface area (Å²) < 4.78 is 54.7. The summed E-state index contributed by atoms with van der Waals surface area (Å²) in [4.78, 5) is 17.0. The molecule has 2 fully saturated rings. The van der Waals surface area contributed by atoms with Crippen molar-refractivity contribution >= 4 is 11.6 Å². The summed E-state index contributed by atoms with van der Waals surface area (Å²) in [6.45, 7) is 3.91. The van der Waals surface area contributed by atoms with Crippen molar-refractivity contribution in [1.82, 2.24) is 19.9 Å². The van der Waals surface area contributed by atoms with Crippen LogP contribution in [0.1, 0.15) is 82.1 Å². The Morgan fingerprint density at radius 3 is 2.48 bits per heavy atom. The first-order valence-corrected chi connectivity index (χ1v) is 11.6. The molecule has 0 bridgehead atoms. The van der Waals surface area contributed by atoms with Crippen LogP contribution in [-0.2, 0) is 4.79 Å². The molecule has 2 heterocycles. The number of nitrogens with one attached hydrogen (secondary N) is 1. The number of nitrogens with two attached hydrogens (primary N) is 1. The Bertz CT molecular complexity index is 990. The molecule has 2 atom stereocenters. The fourth-order valence-electron chi connectivity index (χ4n) is 4.96. The van der Waals surface area contributed by atoms with Gasteiger partial charge in [-0.05, 0) is 42.2 Å². The lowest BCUT2D eigenvalue weighted by molar-refractivity contribution is -0.134. The highest BCUT2D eigenvalue weighted by Crippen LogP contribution is 2.44. The summed E-state index contributed by atoms with van der Waals surface area (Å²) in [5.41, 5.74) is 8.27. The summed E-state index contributed by atoms with van der Waals surface area (Å²) in [6.07, 6.45) is 3.36. The summed E-state index contributed by atoms with van der Waals surface area (Å²) >= 11 is 0. The maximum Gasteiger partial charge on any atom is 0.248 e. The zero-order valence-electron chi connectivity index (χ0n) is 18.9. The zero-order valence-corrected chi connectivity index (χ0v) is 18.9. The van der Waals surface area contributed by atoms with Crippen molar-refractivity contribution in [2.45, 2.75) is 82.7 Å². The second-order valence-corrected chi connectivity index (χ2v) is 10.1. The molecule has 182 valence electrons. The topological polar surface area (TPSA) is 85.3 Å². The molecule has 2 aromatic heterocycles. The quantitative estimate of drug-likeness (QED) is 0.571. The number of carbonyl (C=O) groups excluding carboxylic acids is 1. The minimum atomic E-state index is -2.64. The molecule has 10 heteroatoms. The Balaban J connectivity index is 1.45. The van der Waals surface area contributed by atoms with Crippen molar-refractivity contribution in [1.29, 1.82) is 0 Å². The summed E-state index contributed by atoms with van der Waals surface area (Å²) in [6, 6.07) is 1.03. The highest BCUT2D eigenvalue weighted by molar-refractivity contribution is 5.77. The molecule has 33 heavy (non-hydrogen) atoms. The van der Waals surface area contributed by atoms with E-state index in [2.05, 4.69) is 15.4 Å². The normalized spacial score (nSPS) is 22.8. The minimum absolute atomic E-state index is 0.0432. The van der Waals surface area contributed by atoms with Crippen molar-refractivity contribution in [3.8, 4) is 0 Å². The van der Waals surface area contributed by atoms with Crippen LogP contribution < -0.4 is 11.1 Å². The third-order valence-electron chi connectivity index (χ3n) is 6.96. The lowest BCUT2D eigenvalue weighted by Gasteiger charge is -2.35. The average Bonchev–Trinajstić information content (AvgIpc) is 3.13. The number of alkyl halides is 4. The first kappa shape index (κ1) is 23.9. The third-order valence-corrected chi connectivity index (χ3v) is 6.96. The van der Waals surface area contributed by atoms with Crippen LogP contribution in [0.3, 0.4) is 0 Å². The number of imidazole rings is 1. The highest BCUT2D eigenvalue weighted by Gasteiger charge is 2.45. The predicted molar refractivity (Wildman–Crippen MR) is 115 cm³/mol. The second-order valence-electron chi connectivity index (χ2n) is 10.1. The van der Waals surface area contributed by atoms with Crippen molar-refractivity contribution < 1.29 is 22.4 Å². The van der Waals surface area contributed by atoms with Gasteiger partial charge >= 0.3 is 0 Å². The van der Waals surface area contributed by atoms with Gasteiger partial charge < -0.3 is 11.1 Å². The van der Waals surface area contributed by atoms with Crippen LogP contribution in [0.25, 0.3) is 5.65 Å². The largest absolute Gasteiger partial charge is 0.349 e. The molecule has 4 rings (SSSR count). The molecular formula is C23H31F4N5O. The van der Waals surface area contributed by atoms with E-state index >= 15 is 0 Å². The van der Waals surface area contributed by atoms with Crippen LogP contribution in [-0.4, -0.2) is 32.4 Å². The number of rotatable bonds is 7. The van der Waals surface area contributed by atoms with Crippen LogP contribution in [0.5, 0.6) is 0 Å². The predicted octanol–water partition coefficient (Wildman–Crippen LogP) is 4.80. The molecule has 0 aromatic carbocycles. The minimum Gasteiger partial charge on any atom is -0.349 e. The summed E-state index contributed by atoms with van der Waals surface area (Å²) in [5.74, 6) is -5.81. The lowest BCUT2D eigenvalue weighted by atomic mass is 9.79. The van der Waals surface area contributed by atoms with Crippen molar-refractivity contribution in [2.24, 2.45) is 23.5 Å². The van der Waals surface area contributed by atoms with E-state index in [1.54, 1.807) is 16.9 Å². The van der Waals surface area contributed by atoms with E-state index in [9.17, 15) is 22.4 Å². The molecule has 6 nitrogen and oxygen atoms in total. The molecule has 0 aliphatic heterocycles. The van der Waals surface area contributed by atoms with Gasteiger partial charge in [0, 0.05) is 32.1 Å². The Kier molecular flexibility index (Phi) is 6.41. The van der Waals surface area contributed by atoms with E-state index in [0.29, 0.717) is 24.2 Å². The van der Waals surface area contributed by atoms with Crippen LogP contribution in [0.2, 0.25) is 0 Å². The second kappa shape index (κ2) is 8.85. The molecule has 1 amide bonds. The zero-order chi connectivity index (χ0) is 24.0. The van der Waals surface area contributed by atoms with Gasteiger partial charge in [-0.3, -0.25) is 4.79 Å². The van der Waals surface area contributed by atoms with Crippen LogP contribution in [0.4, 0.5) is 17.6 Å². The van der Waals surface area contributed by atoms with Gasteiger partial charge in [0.05, 0.1) is 30.2 Å². The van der Waals surface area contributed by atoms with Gasteiger partial charge in [-0.1, -0.05) is 13.8 Å². The fraction of sp³-hybridized carbons (Fsp3) is 0.696. The molecule has 0 spiro atoms. The first-order chi connectivity index (χ1) is 15.4. The van der Waals surface area contributed by atoms with Crippen LogP contribution in [0.15, 0.2) is 18.5 Å². The molecular weight excluding hydrogens is 438 g/mol.